The third-order valence-corrected chi connectivity index (χ3v) is 3.94. The first-order chi connectivity index (χ1) is 14.1. The number of nitrogens with zero attached hydrogens (tertiary/aromatic N) is 1. The van der Waals surface area contributed by atoms with E-state index in [4.69, 9.17) is 14.2 Å². The number of carbonyl (C=O) groups excluding carboxylic acids is 1. The van der Waals surface area contributed by atoms with Crippen LogP contribution in [-0.2, 0) is 4.79 Å². The zero-order valence-electron chi connectivity index (χ0n) is 17.0. The van der Waals surface area contributed by atoms with Crippen LogP contribution < -0.4 is 19.5 Å². The van der Waals surface area contributed by atoms with Gasteiger partial charge >= 0.3 is 0 Å². The number of methoxy groups -OCH3 is 1. The van der Waals surface area contributed by atoms with Crippen LogP contribution >= 0.6 is 0 Å². The molecule has 0 saturated heterocycles. The Morgan fingerprint density at radius 2 is 1.79 bits per heavy atom. The number of para-hydroxylation sites is 2. The van der Waals surface area contributed by atoms with Gasteiger partial charge < -0.3 is 19.5 Å². The van der Waals surface area contributed by atoms with Gasteiger partial charge in [-0.2, -0.15) is 5.26 Å². The van der Waals surface area contributed by atoms with Crippen molar-refractivity contribution >= 4 is 17.7 Å². The minimum atomic E-state index is -0.523. The predicted molar refractivity (Wildman–Crippen MR) is 113 cm³/mol. The number of carbonyl (C=O) groups is 1. The van der Waals surface area contributed by atoms with E-state index in [1.807, 2.05) is 19.9 Å². The molecule has 0 atom stereocenters. The maximum atomic E-state index is 12.6. The normalized spacial score (nSPS) is 10.8. The third kappa shape index (κ3) is 6.28. The highest BCUT2D eigenvalue weighted by Gasteiger charge is 2.14. The summed E-state index contributed by atoms with van der Waals surface area (Å²) >= 11 is 0. The average molecular weight is 394 g/mol. The number of nitrogens with one attached hydrogen (secondary N) is 1. The number of rotatable bonds is 10. The molecule has 0 aliphatic carbocycles. The molecule has 0 radical (unpaired) electrons. The molecule has 0 bridgehead atoms. The van der Waals surface area contributed by atoms with Gasteiger partial charge in [0.05, 0.1) is 26.0 Å². The highest BCUT2D eigenvalue weighted by molar-refractivity contribution is 6.10. The topological polar surface area (TPSA) is 80.6 Å². The van der Waals surface area contributed by atoms with Crippen LogP contribution in [0.25, 0.3) is 6.08 Å². The van der Waals surface area contributed by atoms with E-state index < -0.39 is 5.91 Å². The molecule has 0 aromatic heterocycles. The molecule has 6 heteroatoms. The molecular formula is C23H26N2O4. The van der Waals surface area contributed by atoms with Crippen LogP contribution in [0.3, 0.4) is 0 Å². The smallest absolute Gasteiger partial charge is 0.266 e. The second-order valence-corrected chi connectivity index (χ2v) is 6.22. The Balaban J connectivity index is 2.30. The fourth-order valence-corrected chi connectivity index (χ4v) is 2.52. The molecule has 0 fully saturated rings. The zero-order valence-corrected chi connectivity index (χ0v) is 17.0. The summed E-state index contributed by atoms with van der Waals surface area (Å²) in [5.41, 5.74) is 1.08. The Hall–Kier alpha value is -3.46. The minimum Gasteiger partial charge on any atom is -0.495 e. The summed E-state index contributed by atoms with van der Waals surface area (Å²) in [4.78, 5) is 12.6. The number of hydrogen-bond acceptors (Lipinski definition) is 5. The predicted octanol–water partition coefficient (Wildman–Crippen LogP) is 4.82. The van der Waals surface area contributed by atoms with Gasteiger partial charge in [0.25, 0.3) is 5.91 Å². The van der Waals surface area contributed by atoms with Crippen LogP contribution in [0.15, 0.2) is 48.0 Å². The van der Waals surface area contributed by atoms with Crippen molar-refractivity contribution in [1.29, 1.82) is 5.26 Å². The number of amides is 1. The highest BCUT2D eigenvalue weighted by atomic mass is 16.5. The van der Waals surface area contributed by atoms with E-state index >= 15 is 0 Å². The van der Waals surface area contributed by atoms with Gasteiger partial charge in [-0.25, -0.2) is 0 Å². The molecule has 0 aliphatic heterocycles. The van der Waals surface area contributed by atoms with Crippen LogP contribution in [-0.4, -0.2) is 26.2 Å². The number of anilines is 1. The van der Waals surface area contributed by atoms with Gasteiger partial charge in [0.2, 0.25) is 0 Å². The quantitative estimate of drug-likeness (QED) is 0.462. The number of benzene rings is 2. The van der Waals surface area contributed by atoms with Crippen molar-refractivity contribution in [3.63, 3.8) is 0 Å². The summed E-state index contributed by atoms with van der Waals surface area (Å²) in [5.74, 6) is 1.25. The van der Waals surface area contributed by atoms with Crippen molar-refractivity contribution in [2.75, 3.05) is 25.6 Å². The zero-order chi connectivity index (χ0) is 21.1. The van der Waals surface area contributed by atoms with Crippen LogP contribution in [0.5, 0.6) is 17.2 Å². The molecule has 0 unspecified atom stereocenters. The van der Waals surface area contributed by atoms with E-state index in [9.17, 15) is 10.1 Å². The highest BCUT2D eigenvalue weighted by Crippen LogP contribution is 2.28. The maximum absolute atomic E-state index is 12.6. The van der Waals surface area contributed by atoms with E-state index in [0.717, 1.165) is 12.8 Å². The molecule has 0 saturated carbocycles. The van der Waals surface area contributed by atoms with Crippen molar-refractivity contribution in [3.05, 3.63) is 53.6 Å². The van der Waals surface area contributed by atoms with Crippen molar-refractivity contribution in [2.45, 2.75) is 26.7 Å². The first-order valence-corrected chi connectivity index (χ1v) is 9.58. The Bertz CT molecular complexity index is 900. The molecule has 1 N–H and O–H groups in total. The van der Waals surface area contributed by atoms with E-state index in [1.54, 1.807) is 42.5 Å². The average Bonchev–Trinajstić information content (AvgIpc) is 2.75. The van der Waals surface area contributed by atoms with Gasteiger partial charge in [-0.1, -0.05) is 26.0 Å². The van der Waals surface area contributed by atoms with Gasteiger partial charge in [-0.3, -0.25) is 4.79 Å². The Labute approximate surface area is 171 Å². The lowest BCUT2D eigenvalue weighted by molar-refractivity contribution is -0.112. The lowest BCUT2D eigenvalue weighted by Crippen LogP contribution is -2.14. The molecule has 152 valence electrons. The maximum Gasteiger partial charge on any atom is 0.266 e. The molecule has 0 spiro atoms. The molecule has 0 heterocycles. The van der Waals surface area contributed by atoms with Crippen molar-refractivity contribution in [2.24, 2.45) is 0 Å². The fraction of sp³-hybridized carbons (Fsp3) is 0.304. The van der Waals surface area contributed by atoms with E-state index in [2.05, 4.69) is 5.32 Å². The second-order valence-electron chi connectivity index (χ2n) is 6.22. The SMILES string of the molecule is CCCOc1ccc(/C=C(\C#N)C(=O)Nc2ccccc2OC)c(OCCC)c1. The molecule has 29 heavy (non-hydrogen) atoms. The summed E-state index contributed by atoms with van der Waals surface area (Å²) in [5, 5.41) is 12.2. The summed E-state index contributed by atoms with van der Waals surface area (Å²) in [6, 6.07) is 14.3. The first kappa shape index (κ1) is 21.8. The molecule has 2 aromatic rings. The standard InChI is InChI=1S/C23H26N2O4/c1-4-12-28-19-11-10-17(22(15-19)29-13-5-2)14-18(16-24)23(26)25-20-8-6-7-9-21(20)27-3/h6-11,14-15H,4-5,12-13H2,1-3H3,(H,25,26)/b18-14+. The van der Waals surface area contributed by atoms with Gasteiger partial charge in [0, 0.05) is 11.6 Å². The van der Waals surface area contributed by atoms with Crippen molar-refractivity contribution < 1.29 is 19.0 Å². The largest absolute Gasteiger partial charge is 0.495 e. The minimum absolute atomic E-state index is 0.0421. The number of ether oxygens (including phenoxy) is 3. The molecule has 6 nitrogen and oxygen atoms in total. The van der Waals surface area contributed by atoms with Crippen molar-refractivity contribution in [1.82, 2.24) is 0 Å². The van der Waals surface area contributed by atoms with Crippen LogP contribution in [0.4, 0.5) is 5.69 Å². The molecule has 2 aromatic carbocycles. The summed E-state index contributed by atoms with van der Waals surface area (Å²) in [6.45, 7) is 5.17. The van der Waals surface area contributed by atoms with Crippen LogP contribution in [0.2, 0.25) is 0 Å². The first-order valence-electron chi connectivity index (χ1n) is 9.58. The summed E-state index contributed by atoms with van der Waals surface area (Å²) in [7, 11) is 1.52. The van der Waals surface area contributed by atoms with E-state index in [-0.39, 0.29) is 5.57 Å². The fourth-order valence-electron chi connectivity index (χ4n) is 2.52. The number of nitriles is 1. The Morgan fingerprint density at radius 3 is 2.48 bits per heavy atom. The summed E-state index contributed by atoms with van der Waals surface area (Å²) < 4.78 is 16.7. The lowest BCUT2D eigenvalue weighted by atomic mass is 10.1. The van der Waals surface area contributed by atoms with Crippen LogP contribution in [0, 0.1) is 11.3 Å². The molecular weight excluding hydrogens is 368 g/mol. The monoisotopic (exact) mass is 394 g/mol. The number of hydrogen-bond donors (Lipinski definition) is 1. The van der Waals surface area contributed by atoms with E-state index in [0.29, 0.717) is 41.7 Å². The van der Waals surface area contributed by atoms with Gasteiger partial charge in [0.15, 0.2) is 0 Å². The Morgan fingerprint density at radius 1 is 1.07 bits per heavy atom. The lowest BCUT2D eigenvalue weighted by Gasteiger charge is -2.12. The van der Waals surface area contributed by atoms with E-state index in [1.165, 1.54) is 13.2 Å². The van der Waals surface area contributed by atoms with Gasteiger partial charge in [-0.05, 0) is 43.2 Å². The molecule has 2 rings (SSSR count). The molecule has 1 amide bonds. The van der Waals surface area contributed by atoms with Gasteiger partial charge in [0.1, 0.15) is 28.9 Å². The van der Waals surface area contributed by atoms with Crippen LogP contribution in [0.1, 0.15) is 32.3 Å². The Kier molecular flexibility index (Phi) is 8.58. The third-order valence-electron chi connectivity index (χ3n) is 3.94. The summed E-state index contributed by atoms with van der Waals surface area (Å²) in [6.07, 6.45) is 3.25. The van der Waals surface area contributed by atoms with Crippen molar-refractivity contribution in [3.8, 4) is 23.3 Å². The molecule has 0 aliphatic rings. The second kappa shape index (κ2) is 11.4. The van der Waals surface area contributed by atoms with Gasteiger partial charge in [-0.15, -0.1) is 0 Å².